The highest BCUT2D eigenvalue weighted by atomic mass is 16.5. The third-order valence-corrected chi connectivity index (χ3v) is 3.07. The Hall–Kier alpha value is -1.02. The van der Waals surface area contributed by atoms with Crippen LogP contribution in [0, 0.1) is 5.41 Å². The lowest BCUT2D eigenvalue weighted by Crippen LogP contribution is -2.24. The fourth-order valence-corrected chi connectivity index (χ4v) is 1.97. The van der Waals surface area contributed by atoms with Crippen LogP contribution in [0.2, 0.25) is 0 Å². The van der Waals surface area contributed by atoms with Gasteiger partial charge in [0.2, 0.25) is 0 Å². The SMILES string of the molecule is CC(C)Oc1ccccc1C(C)NCCC(C)(C)C. The van der Waals surface area contributed by atoms with Crippen LogP contribution in [0.15, 0.2) is 24.3 Å². The Labute approximate surface area is 118 Å². The van der Waals surface area contributed by atoms with E-state index in [1.54, 1.807) is 0 Å². The molecule has 0 radical (unpaired) electrons. The molecule has 1 aromatic carbocycles. The maximum atomic E-state index is 5.87. The second kappa shape index (κ2) is 6.95. The summed E-state index contributed by atoms with van der Waals surface area (Å²) in [5.74, 6) is 0.994. The van der Waals surface area contributed by atoms with Gasteiger partial charge >= 0.3 is 0 Å². The fraction of sp³-hybridized carbons (Fsp3) is 0.647. The Kier molecular flexibility index (Phi) is 5.86. The molecular formula is C17H29NO. The number of hydrogen-bond donors (Lipinski definition) is 1. The Morgan fingerprint density at radius 3 is 2.32 bits per heavy atom. The molecule has 1 atom stereocenters. The lowest BCUT2D eigenvalue weighted by atomic mass is 9.92. The number of rotatable bonds is 6. The highest BCUT2D eigenvalue weighted by Crippen LogP contribution is 2.26. The highest BCUT2D eigenvalue weighted by Gasteiger charge is 2.14. The summed E-state index contributed by atoms with van der Waals surface area (Å²) in [7, 11) is 0. The minimum atomic E-state index is 0.211. The summed E-state index contributed by atoms with van der Waals surface area (Å²) >= 11 is 0. The van der Waals surface area contributed by atoms with Gasteiger partial charge in [-0.2, -0.15) is 0 Å². The van der Waals surface area contributed by atoms with Crippen LogP contribution < -0.4 is 10.1 Å². The van der Waals surface area contributed by atoms with Crippen molar-refractivity contribution in [2.24, 2.45) is 5.41 Å². The van der Waals surface area contributed by atoms with Gasteiger partial charge in [0.05, 0.1) is 6.10 Å². The van der Waals surface area contributed by atoms with Gasteiger partial charge in [-0.1, -0.05) is 39.0 Å². The molecular weight excluding hydrogens is 234 g/mol. The maximum Gasteiger partial charge on any atom is 0.124 e. The molecule has 0 saturated carbocycles. The Morgan fingerprint density at radius 1 is 1.11 bits per heavy atom. The molecule has 1 N–H and O–H groups in total. The predicted octanol–water partition coefficient (Wildman–Crippen LogP) is 4.56. The first-order chi connectivity index (χ1) is 8.79. The van der Waals surface area contributed by atoms with Gasteiger partial charge < -0.3 is 10.1 Å². The number of hydrogen-bond acceptors (Lipinski definition) is 2. The summed E-state index contributed by atoms with van der Waals surface area (Å²) in [4.78, 5) is 0. The maximum absolute atomic E-state index is 5.87. The first-order valence-corrected chi connectivity index (χ1v) is 7.28. The van der Waals surface area contributed by atoms with Crippen LogP contribution >= 0.6 is 0 Å². The van der Waals surface area contributed by atoms with Gasteiger partial charge in [0.15, 0.2) is 0 Å². The number of para-hydroxylation sites is 1. The van der Waals surface area contributed by atoms with Crippen LogP contribution in [-0.4, -0.2) is 12.6 Å². The van der Waals surface area contributed by atoms with Gasteiger partial charge in [0, 0.05) is 11.6 Å². The van der Waals surface area contributed by atoms with Gasteiger partial charge in [-0.3, -0.25) is 0 Å². The average Bonchev–Trinajstić information content (AvgIpc) is 2.27. The van der Waals surface area contributed by atoms with Gasteiger partial charge in [0.1, 0.15) is 5.75 Å². The fourth-order valence-electron chi connectivity index (χ4n) is 1.97. The van der Waals surface area contributed by atoms with Crippen molar-refractivity contribution in [2.45, 2.75) is 60.1 Å². The molecule has 0 spiro atoms. The van der Waals surface area contributed by atoms with E-state index in [1.165, 1.54) is 12.0 Å². The van der Waals surface area contributed by atoms with Crippen LogP contribution in [0.4, 0.5) is 0 Å². The van der Waals surface area contributed by atoms with E-state index in [4.69, 9.17) is 4.74 Å². The number of ether oxygens (including phenoxy) is 1. The van der Waals surface area contributed by atoms with Crippen molar-refractivity contribution in [3.05, 3.63) is 29.8 Å². The molecule has 0 saturated heterocycles. The second-order valence-corrected chi connectivity index (χ2v) is 6.69. The van der Waals surface area contributed by atoms with Crippen molar-refractivity contribution in [1.29, 1.82) is 0 Å². The smallest absolute Gasteiger partial charge is 0.124 e. The third-order valence-electron chi connectivity index (χ3n) is 3.07. The molecule has 0 fully saturated rings. The van der Waals surface area contributed by atoms with Crippen molar-refractivity contribution < 1.29 is 4.74 Å². The summed E-state index contributed by atoms with van der Waals surface area (Å²) in [6.07, 6.45) is 1.38. The zero-order valence-electron chi connectivity index (χ0n) is 13.3. The van der Waals surface area contributed by atoms with E-state index in [2.05, 4.69) is 65.1 Å². The molecule has 1 unspecified atom stereocenters. The summed E-state index contributed by atoms with van der Waals surface area (Å²) in [6.45, 7) is 14.2. The first-order valence-electron chi connectivity index (χ1n) is 7.28. The normalized spacial score (nSPS) is 13.6. The van der Waals surface area contributed by atoms with Gasteiger partial charge in [-0.05, 0) is 45.2 Å². The predicted molar refractivity (Wildman–Crippen MR) is 82.7 cm³/mol. The molecule has 1 aromatic rings. The van der Waals surface area contributed by atoms with E-state index in [0.717, 1.165) is 12.3 Å². The second-order valence-electron chi connectivity index (χ2n) is 6.69. The molecule has 2 heteroatoms. The summed E-state index contributed by atoms with van der Waals surface area (Å²) in [5.41, 5.74) is 1.62. The molecule has 0 bridgehead atoms. The summed E-state index contributed by atoms with van der Waals surface area (Å²) < 4.78 is 5.87. The van der Waals surface area contributed by atoms with Crippen molar-refractivity contribution in [3.63, 3.8) is 0 Å². The van der Waals surface area contributed by atoms with Crippen molar-refractivity contribution in [3.8, 4) is 5.75 Å². The van der Waals surface area contributed by atoms with Crippen LogP contribution in [0.25, 0.3) is 0 Å². The van der Waals surface area contributed by atoms with Crippen molar-refractivity contribution >= 4 is 0 Å². The monoisotopic (exact) mass is 263 g/mol. The minimum Gasteiger partial charge on any atom is -0.491 e. The number of nitrogens with one attached hydrogen (secondary N) is 1. The van der Waals surface area contributed by atoms with E-state index < -0.39 is 0 Å². The molecule has 1 rings (SSSR count). The van der Waals surface area contributed by atoms with E-state index in [1.807, 2.05) is 6.07 Å². The standard InChI is InChI=1S/C17H29NO/c1-13(2)19-16-10-8-7-9-15(16)14(3)18-12-11-17(4,5)6/h7-10,13-14,18H,11-12H2,1-6H3. The quantitative estimate of drug-likeness (QED) is 0.812. The molecule has 0 aliphatic rings. The molecule has 0 aliphatic heterocycles. The van der Waals surface area contributed by atoms with Crippen molar-refractivity contribution in [1.82, 2.24) is 5.32 Å². The van der Waals surface area contributed by atoms with Crippen LogP contribution in [-0.2, 0) is 0 Å². The topological polar surface area (TPSA) is 21.3 Å². The zero-order chi connectivity index (χ0) is 14.5. The van der Waals surface area contributed by atoms with Crippen molar-refractivity contribution in [2.75, 3.05) is 6.54 Å². The lowest BCUT2D eigenvalue weighted by molar-refractivity contribution is 0.237. The highest BCUT2D eigenvalue weighted by molar-refractivity contribution is 5.35. The third kappa shape index (κ3) is 6.11. The Bertz CT molecular complexity index is 379. The summed E-state index contributed by atoms with van der Waals surface area (Å²) in [5, 5.41) is 3.59. The minimum absolute atomic E-state index is 0.211. The molecule has 0 aromatic heterocycles. The van der Waals surface area contributed by atoms with E-state index in [-0.39, 0.29) is 6.10 Å². The lowest BCUT2D eigenvalue weighted by Gasteiger charge is -2.22. The van der Waals surface area contributed by atoms with Gasteiger partial charge in [0.25, 0.3) is 0 Å². The van der Waals surface area contributed by atoms with E-state index >= 15 is 0 Å². The first kappa shape index (κ1) is 16.0. The average molecular weight is 263 g/mol. The van der Waals surface area contributed by atoms with E-state index in [9.17, 15) is 0 Å². The summed E-state index contributed by atoms with van der Waals surface area (Å²) in [6, 6.07) is 8.62. The molecule has 0 amide bonds. The molecule has 2 nitrogen and oxygen atoms in total. The Balaban J connectivity index is 2.63. The largest absolute Gasteiger partial charge is 0.491 e. The zero-order valence-corrected chi connectivity index (χ0v) is 13.3. The number of benzene rings is 1. The molecule has 0 heterocycles. The molecule has 0 aliphatic carbocycles. The van der Waals surface area contributed by atoms with Crippen LogP contribution in [0.1, 0.15) is 59.6 Å². The van der Waals surface area contributed by atoms with Gasteiger partial charge in [-0.15, -0.1) is 0 Å². The Morgan fingerprint density at radius 2 is 1.74 bits per heavy atom. The van der Waals surface area contributed by atoms with Crippen LogP contribution in [0.5, 0.6) is 5.75 Å². The van der Waals surface area contributed by atoms with Gasteiger partial charge in [-0.25, -0.2) is 0 Å². The van der Waals surface area contributed by atoms with Crippen LogP contribution in [0.3, 0.4) is 0 Å². The molecule has 19 heavy (non-hydrogen) atoms. The van der Waals surface area contributed by atoms with E-state index in [0.29, 0.717) is 11.5 Å². The molecule has 108 valence electrons.